The van der Waals surface area contributed by atoms with Gasteiger partial charge in [-0.05, 0) is 26.0 Å². The van der Waals surface area contributed by atoms with Gasteiger partial charge in [0.2, 0.25) is 5.75 Å². The zero-order chi connectivity index (χ0) is 18.0. The van der Waals surface area contributed by atoms with Crippen LogP contribution in [0, 0.1) is 0 Å². The van der Waals surface area contributed by atoms with Crippen molar-refractivity contribution in [3.8, 4) is 28.5 Å². The number of aromatic nitrogens is 3. The number of benzene rings is 1. The highest BCUT2D eigenvalue weighted by Crippen LogP contribution is 2.43. The zero-order valence-electron chi connectivity index (χ0n) is 15.1. The van der Waals surface area contributed by atoms with Gasteiger partial charge in [-0.1, -0.05) is 5.21 Å². The predicted molar refractivity (Wildman–Crippen MR) is 90.0 cm³/mol. The molecule has 2 heterocycles. The molecule has 1 aromatic heterocycles. The third-order valence-electron chi connectivity index (χ3n) is 3.98. The van der Waals surface area contributed by atoms with E-state index < -0.39 is 5.79 Å². The minimum Gasteiger partial charge on any atom is -0.493 e. The second-order valence-corrected chi connectivity index (χ2v) is 6.16. The Hall–Kier alpha value is -2.32. The fraction of sp³-hybridized carbons (Fsp3) is 0.529. The normalized spacial score (nSPS) is 19.0. The highest BCUT2D eigenvalue weighted by molar-refractivity contribution is 5.73. The molecule has 0 amide bonds. The first kappa shape index (κ1) is 17.5. The Bertz CT molecular complexity index is 744. The van der Waals surface area contributed by atoms with Crippen LogP contribution >= 0.6 is 0 Å². The number of hydrogen-bond acceptors (Lipinski definition) is 7. The van der Waals surface area contributed by atoms with Gasteiger partial charge in [0, 0.05) is 5.56 Å². The van der Waals surface area contributed by atoms with Crippen LogP contribution in [0.1, 0.15) is 13.8 Å². The average Bonchev–Trinajstić information content (AvgIpc) is 3.19. The lowest BCUT2D eigenvalue weighted by Gasteiger charge is -2.16. The van der Waals surface area contributed by atoms with Crippen molar-refractivity contribution in [3.05, 3.63) is 18.3 Å². The monoisotopic (exact) mass is 349 g/mol. The van der Waals surface area contributed by atoms with Crippen LogP contribution in [0.5, 0.6) is 17.2 Å². The lowest BCUT2D eigenvalue weighted by molar-refractivity contribution is -0.139. The Balaban J connectivity index is 1.85. The van der Waals surface area contributed by atoms with Crippen molar-refractivity contribution < 1.29 is 23.7 Å². The maximum Gasteiger partial charge on any atom is 0.203 e. The Morgan fingerprint density at radius 2 is 1.92 bits per heavy atom. The van der Waals surface area contributed by atoms with Crippen molar-refractivity contribution >= 4 is 0 Å². The van der Waals surface area contributed by atoms with Crippen LogP contribution < -0.4 is 14.2 Å². The standard InChI is InChI=1S/C17H23N3O5/c1-17(2)24-10-11(25-17)8-20-9-13(18-19-20)12-6-7-14(21-3)16(23-5)15(12)22-4/h6-7,9,11H,8,10H2,1-5H3/t11-/m0/s1. The van der Waals surface area contributed by atoms with Crippen LogP contribution in [0.2, 0.25) is 0 Å². The highest BCUT2D eigenvalue weighted by atomic mass is 16.7. The van der Waals surface area contributed by atoms with E-state index in [1.807, 2.05) is 32.2 Å². The Labute approximate surface area is 146 Å². The molecule has 25 heavy (non-hydrogen) atoms. The van der Waals surface area contributed by atoms with Crippen LogP contribution in [0.3, 0.4) is 0 Å². The highest BCUT2D eigenvalue weighted by Gasteiger charge is 2.33. The molecule has 0 spiro atoms. The Kier molecular flexibility index (Phi) is 4.82. The van der Waals surface area contributed by atoms with E-state index >= 15 is 0 Å². The molecule has 0 unspecified atom stereocenters. The average molecular weight is 349 g/mol. The molecule has 1 fully saturated rings. The van der Waals surface area contributed by atoms with Crippen LogP contribution in [-0.2, 0) is 16.0 Å². The molecule has 2 aromatic rings. The van der Waals surface area contributed by atoms with Gasteiger partial charge in [-0.15, -0.1) is 5.10 Å². The summed E-state index contributed by atoms with van der Waals surface area (Å²) < 4.78 is 29.3. The summed E-state index contributed by atoms with van der Waals surface area (Å²) in [6, 6.07) is 3.68. The largest absolute Gasteiger partial charge is 0.493 e. The van der Waals surface area contributed by atoms with Crippen molar-refractivity contribution in [2.45, 2.75) is 32.3 Å². The third-order valence-corrected chi connectivity index (χ3v) is 3.98. The van der Waals surface area contributed by atoms with Crippen LogP contribution in [0.15, 0.2) is 18.3 Å². The molecule has 8 heteroatoms. The van der Waals surface area contributed by atoms with Crippen molar-refractivity contribution in [3.63, 3.8) is 0 Å². The van der Waals surface area contributed by atoms with Gasteiger partial charge < -0.3 is 23.7 Å². The number of ether oxygens (including phenoxy) is 5. The van der Waals surface area contributed by atoms with Gasteiger partial charge in [0.25, 0.3) is 0 Å². The van der Waals surface area contributed by atoms with E-state index in [0.717, 1.165) is 5.56 Å². The molecule has 1 aromatic carbocycles. The van der Waals surface area contributed by atoms with Crippen molar-refractivity contribution in [2.24, 2.45) is 0 Å². The molecule has 0 N–H and O–H groups in total. The Morgan fingerprint density at radius 1 is 1.16 bits per heavy atom. The van der Waals surface area contributed by atoms with Gasteiger partial charge in [0.05, 0.1) is 40.7 Å². The van der Waals surface area contributed by atoms with Gasteiger partial charge in [0.15, 0.2) is 17.3 Å². The summed E-state index contributed by atoms with van der Waals surface area (Å²) in [7, 11) is 4.73. The maximum atomic E-state index is 5.81. The summed E-state index contributed by atoms with van der Waals surface area (Å²) in [4.78, 5) is 0. The minimum absolute atomic E-state index is 0.0585. The van der Waals surface area contributed by atoms with Gasteiger partial charge in [-0.3, -0.25) is 0 Å². The molecular weight excluding hydrogens is 326 g/mol. The fourth-order valence-corrected chi connectivity index (χ4v) is 2.88. The molecule has 1 atom stereocenters. The van der Waals surface area contributed by atoms with Gasteiger partial charge in [-0.2, -0.15) is 0 Å². The van der Waals surface area contributed by atoms with Crippen molar-refractivity contribution in [1.82, 2.24) is 15.0 Å². The number of nitrogens with zero attached hydrogens (tertiary/aromatic N) is 3. The third kappa shape index (κ3) is 3.54. The first-order valence-electron chi connectivity index (χ1n) is 7.98. The molecule has 8 nitrogen and oxygen atoms in total. The zero-order valence-corrected chi connectivity index (χ0v) is 15.1. The second-order valence-electron chi connectivity index (χ2n) is 6.16. The van der Waals surface area contributed by atoms with E-state index in [0.29, 0.717) is 36.1 Å². The maximum absolute atomic E-state index is 5.81. The van der Waals surface area contributed by atoms with E-state index in [-0.39, 0.29) is 6.10 Å². The predicted octanol–water partition coefficient (Wildman–Crippen LogP) is 2.12. The lowest BCUT2D eigenvalue weighted by Crippen LogP contribution is -2.24. The Morgan fingerprint density at radius 3 is 2.52 bits per heavy atom. The summed E-state index contributed by atoms with van der Waals surface area (Å²) in [5.41, 5.74) is 1.45. The van der Waals surface area contributed by atoms with E-state index in [9.17, 15) is 0 Å². The molecule has 0 aliphatic carbocycles. The van der Waals surface area contributed by atoms with Crippen LogP contribution in [0.4, 0.5) is 0 Å². The van der Waals surface area contributed by atoms with E-state index in [1.54, 1.807) is 26.0 Å². The smallest absolute Gasteiger partial charge is 0.203 e. The van der Waals surface area contributed by atoms with Crippen LogP contribution in [0.25, 0.3) is 11.3 Å². The summed E-state index contributed by atoms with van der Waals surface area (Å²) in [5, 5.41) is 8.43. The first-order valence-corrected chi connectivity index (χ1v) is 7.98. The molecule has 136 valence electrons. The topological polar surface area (TPSA) is 76.9 Å². The summed E-state index contributed by atoms with van der Waals surface area (Å²) >= 11 is 0. The molecule has 1 aliphatic rings. The molecule has 0 radical (unpaired) electrons. The summed E-state index contributed by atoms with van der Waals surface area (Å²) in [6.07, 6.45) is 1.79. The number of methoxy groups -OCH3 is 3. The molecule has 0 bridgehead atoms. The molecule has 3 rings (SSSR count). The van der Waals surface area contributed by atoms with Gasteiger partial charge in [0.1, 0.15) is 11.8 Å². The molecular formula is C17H23N3O5. The number of hydrogen-bond donors (Lipinski definition) is 0. The molecule has 1 aliphatic heterocycles. The molecule has 0 saturated carbocycles. The number of rotatable bonds is 6. The quantitative estimate of drug-likeness (QED) is 0.790. The SMILES string of the molecule is COc1ccc(-c2cn(C[C@H]3COC(C)(C)O3)nn2)c(OC)c1OC. The van der Waals surface area contributed by atoms with Gasteiger partial charge in [-0.25, -0.2) is 4.68 Å². The van der Waals surface area contributed by atoms with Crippen molar-refractivity contribution in [1.29, 1.82) is 0 Å². The second kappa shape index (κ2) is 6.89. The van der Waals surface area contributed by atoms with E-state index in [1.165, 1.54) is 0 Å². The van der Waals surface area contributed by atoms with Gasteiger partial charge >= 0.3 is 0 Å². The van der Waals surface area contributed by atoms with E-state index in [2.05, 4.69) is 10.3 Å². The minimum atomic E-state index is -0.555. The molecule has 1 saturated heterocycles. The van der Waals surface area contributed by atoms with Crippen molar-refractivity contribution in [2.75, 3.05) is 27.9 Å². The van der Waals surface area contributed by atoms with Crippen LogP contribution in [-0.4, -0.2) is 54.8 Å². The summed E-state index contributed by atoms with van der Waals surface area (Å²) in [5.74, 6) is 1.11. The fourth-order valence-electron chi connectivity index (χ4n) is 2.88. The lowest BCUT2D eigenvalue weighted by atomic mass is 10.1. The van der Waals surface area contributed by atoms with E-state index in [4.69, 9.17) is 23.7 Å². The first-order chi connectivity index (χ1) is 12.0. The summed E-state index contributed by atoms with van der Waals surface area (Å²) in [6.45, 7) is 4.89.